The monoisotopic (exact) mass is 380 g/mol. The van der Waals surface area contributed by atoms with Gasteiger partial charge in [0, 0.05) is 37.2 Å². The van der Waals surface area contributed by atoms with Crippen molar-refractivity contribution < 1.29 is 0 Å². The fourth-order valence-electron chi connectivity index (χ4n) is 3.73. The van der Waals surface area contributed by atoms with Gasteiger partial charge in [0.2, 0.25) is 5.95 Å². The quantitative estimate of drug-likeness (QED) is 0.679. The van der Waals surface area contributed by atoms with Crippen molar-refractivity contribution >= 4 is 22.8 Å². The van der Waals surface area contributed by atoms with Gasteiger partial charge in [0.25, 0.3) is 0 Å². The molecule has 0 unspecified atom stereocenters. The van der Waals surface area contributed by atoms with E-state index in [4.69, 9.17) is 9.97 Å². The lowest BCUT2D eigenvalue weighted by Crippen LogP contribution is -2.37. The molecule has 1 fully saturated rings. The number of rotatable bonds is 6. The van der Waals surface area contributed by atoms with Crippen LogP contribution in [0.4, 0.5) is 11.8 Å². The van der Waals surface area contributed by atoms with Crippen molar-refractivity contribution in [3.63, 3.8) is 0 Å². The molecule has 0 atom stereocenters. The van der Waals surface area contributed by atoms with E-state index < -0.39 is 0 Å². The number of fused-ring (bicyclic) bond motifs is 1. The second-order valence-corrected chi connectivity index (χ2v) is 7.62. The van der Waals surface area contributed by atoms with Gasteiger partial charge in [-0.25, -0.2) is 9.97 Å². The van der Waals surface area contributed by atoms with Crippen molar-refractivity contribution in [3.05, 3.63) is 36.0 Å². The molecule has 8 heteroatoms. The van der Waals surface area contributed by atoms with Gasteiger partial charge in [0.15, 0.2) is 5.65 Å². The number of hydrogen-bond donors (Lipinski definition) is 2. The Morgan fingerprint density at radius 2 is 1.96 bits per heavy atom. The lowest BCUT2D eigenvalue weighted by molar-refractivity contribution is 0.263. The third kappa shape index (κ3) is 4.22. The Labute approximate surface area is 165 Å². The first-order chi connectivity index (χ1) is 13.6. The molecule has 0 saturated carbocycles. The van der Waals surface area contributed by atoms with Gasteiger partial charge in [0.1, 0.15) is 5.82 Å². The van der Waals surface area contributed by atoms with Gasteiger partial charge in [0.05, 0.1) is 11.7 Å². The van der Waals surface area contributed by atoms with E-state index in [9.17, 15) is 0 Å². The van der Waals surface area contributed by atoms with Crippen molar-refractivity contribution in [2.45, 2.75) is 39.3 Å². The number of nitrogens with zero attached hydrogens (tertiary/aromatic N) is 6. The topological polar surface area (TPSA) is 83.8 Å². The van der Waals surface area contributed by atoms with E-state index in [2.05, 4.69) is 45.5 Å². The van der Waals surface area contributed by atoms with Crippen LogP contribution in [0.1, 0.15) is 24.1 Å². The smallest absolute Gasteiger partial charge is 0.226 e. The minimum absolute atomic E-state index is 0.401. The third-order valence-electron chi connectivity index (χ3n) is 5.27. The van der Waals surface area contributed by atoms with E-state index in [1.165, 1.54) is 0 Å². The fourth-order valence-corrected chi connectivity index (χ4v) is 3.73. The Balaban J connectivity index is 1.59. The number of imidazole rings is 1. The van der Waals surface area contributed by atoms with Crippen LogP contribution < -0.4 is 10.6 Å². The van der Waals surface area contributed by atoms with E-state index in [0.29, 0.717) is 12.0 Å². The van der Waals surface area contributed by atoms with E-state index in [1.807, 2.05) is 24.0 Å². The summed E-state index contributed by atoms with van der Waals surface area (Å²) >= 11 is 0. The molecule has 0 aliphatic carbocycles. The first kappa shape index (κ1) is 18.6. The Hall–Kier alpha value is -2.74. The average molecular weight is 381 g/mol. The van der Waals surface area contributed by atoms with Crippen LogP contribution in [0.2, 0.25) is 0 Å². The van der Waals surface area contributed by atoms with Gasteiger partial charge in [-0.15, -0.1) is 0 Å². The first-order valence-electron chi connectivity index (χ1n) is 9.89. The number of piperidine rings is 1. The molecule has 2 N–H and O–H groups in total. The number of nitrogens with one attached hydrogen (secondary N) is 2. The molecule has 28 heavy (non-hydrogen) atoms. The summed E-state index contributed by atoms with van der Waals surface area (Å²) in [5, 5.41) is 8.01. The number of likely N-dealkylation sites (tertiary alicyclic amines) is 1. The molecule has 0 spiro atoms. The second kappa shape index (κ2) is 8.10. The number of pyridine rings is 1. The van der Waals surface area contributed by atoms with Crippen LogP contribution in [0.25, 0.3) is 11.0 Å². The predicted octanol–water partition coefficient (Wildman–Crippen LogP) is 2.46. The fraction of sp³-hybridized carbons (Fsp3) is 0.500. The summed E-state index contributed by atoms with van der Waals surface area (Å²) in [6.45, 7) is 7.86. The van der Waals surface area contributed by atoms with Crippen molar-refractivity contribution in [1.29, 1.82) is 0 Å². The predicted molar refractivity (Wildman–Crippen MR) is 112 cm³/mol. The summed E-state index contributed by atoms with van der Waals surface area (Å²) in [5.74, 6) is 1.50. The molecule has 0 aromatic carbocycles. The van der Waals surface area contributed by atoms with Gasteiger partial charge >= 0.3 is 0 Å². The van der Waals surface area contributed by atoms with Gasteiger partial charge < -0.3 is 20.1 Å². The van der Waals surface area contributed by atoms with Crippen LogP contribution >= 0.6 is 0 Å². The first-order valence-corrected chi connectivity index (χ1v) is 9.89. The summed E-state index contributed by atoms with van der Waals surface area (Å²) in [4.78, 5) is 20.7. The highest BCUT2D eigenvalue weighted by Crippen LogP contribution is 2.26. The van der Waals surface area contributed by atoms with Crippen LogP contribution in [0, 0.1) is 13.8 Å². The van der Waals surface area contributed by atoms with Crippen LogP contribution in [0.3, 0.4) is 0 Å². The number of aromatic nitrogens is 5. The summed E-state index contributed by atoms with van der Waals surface area (Å²) < 4.78 is 2.04. The van der Waals surface area contributed by atoms with Gasteiger partial charge in [-0.2, -0.15) is 9.97 Å². The normalized spacial score (nSPS) is 15.8. The molecule has 148 valence electrons. The van der Waals surface area contributed by atoms with Crippen molar-refractivity contribution in [2.24, 2.45) is 0 Å². The maximum absolute atomic E-state index is 4.81. The van der Waals surface area contributed by atoms with Crippen molar-refractivity contribution in [2.75, 3.05) is 37.3 Å². The van der Waals surface area contributed by atoms with E-state index in [0.717, 1.165) is 67.1 Å². The van der Waals surface area contributed by atoms with E-state index >= 15 is 0 Å². The Morgan fingerprint density at radius 3 is 2.71 bits per heavy atom. The maximum Gasteiger partial charge on any atom is 0.226 e. The zero-order valence-corrected chi connectivity index (χ0v) is 16.8. The van der Waals surface area contributed by atoms with E-state index in [-0.39, 0.29) is 0 Å². The summed E-state index contributed by atoms with van der Waals surface area (Å²) in [6.07, 6.45) is 7.77. The standard InChI is InChI=1S/C20H28N8/c1-14-12-15(2)23-19-17(14)18(22-7-11-28-10-6-21-13-28)25-20(26-19)24-16-4-8-27(3)9-5-16/h6,10,12-13,16H,4-5,7-9,11H2,1-3H3,(H2,22,23,24,25,26). The lowest BCUT2D eigenvalue weighted by atomic mass is 10.1. The largest absolute Gasteiger partial charge is 0.368 e. The molecular weight excluding hydrogens is 352 g/mol. The van der Waals surface area contributed by atoms with Crippen LogP contribution in [0.15, 0.2) is 24.8 Å². The molecule has 4 heterocycles. The Bertz CT molecular complexity index is 929. The second-order valence-electron chi connectivity index (χ2n) is 7.62. The lowest BCUT2D eigenvalue weighted by Gasteiger charge is -2.29. The SMILES string of the molecule is Cc1cc(C)c2c(NCCn3ccnc3)nc(NC3CCN(C)CC3)nc2n1. The van der Waals surface area contributed by atoms with Gasteiger partial charge in [-0.3, -0.25) is 0 Å². The number of hydrogen-bond acceptors (Lipinski definition) is 7. The molecule has 3 aromatic rings. The third-order valence-corrected chi connectivity index (χ3v) is 5.27. The highest BCUT2D eigenvalue weighted by Gasteiger charge is 2.19. The number of aryl methyl sites for hydroxylation is 2. The minimum atomic E-state index is 0.401. The average Bonchev–Trinajstić information content (AvgIpc) is 3.16. The number of anilines is 2. The molecule has 8 nitrogen and oxygen atoms in total. The highest BCUT2D eigenvalue weighted by atomic mass is 15.2. The van der Waals surface area contributed by atoms with Crippen LogP contribution in [0.5, 0.6) is 0 Å². The summed E-state index contributed by atoms with van der Waals surface area (Å²) in [6, 6.07) is 2.48. The molecule has 1 aliphatic heterocycles. The van der Waals surface area contributed by atoms with Crippen LogP contribution in [-0.2, 0) is 6.54 Å². The zero-order valence-electron chi connectivity index (χ0n) is 16.8. The van der Waals surface area contributed by atoms with Gasteiger partial charge in [-0.05, 0) is 58.5 Å². The molecular formula is C20H28N8. The van der Waals surface area contributed by atoms with E-state index in [1.54, 1.807) is 6.20 Å². The zero-order chi connectivity index (χ0) is 19.5. The molecule has 0 amide bonds. The van der Waals surface area contributed by atoms with Crippen molar-refractivity contribution in [3.8, 4) is 0 Å². The Kier molecular flexibility index (Phi) is 5.38. The maximum atomic E-state index is 4.81. The van der Waals surface area contributed by atoms with Crippen molar-refractivity contribution in [1.82, 2.24) is 29.4 Å². The summed E-state index contributed by atoms with van der Waals surface area (Å²) in [5.41, 5.74) is 2.85. The Morgan fingerprint density at radius 1 is 1.14 bits per heavy atom. The molecule has 1 aliphatic rings. The minimum Gasteiger partial charge on any atom is -0.368 e. The highest BCUT2D eigenvalue weighted by molar-refractivity contribution is 5.90. The molecule has 0 bridgehead atoms. The molecule has 0 radical (unpaired) electrons. The molecule has 1 saturated heterocycles. The summed E-state index contributed by atoms with van der Waals surface area (Å²) in [7, 11) is 2.17. The molecule has 4 rings (SSSR count). The van der Waals surface area contributed by atoms with Crippen LogP contribution in [-0.4, -0.2) is 62.1 Å². The van der Waals surface area contributed by atoms with Gasteiger partial charge in [-0.1, -0.05) is 0 Å². The molecule has 3 aromatic heterocycles.